The van der Waals surface area contributed by atoms with E-state index in [0.29, 0.717) is 0 Å². The van der Waals surface area contributed by atoms with Crippen molar-refractivity contribution in [1.29, 1.82) is 0 Å². The molecule has 150 valence electrons. The number of carbonyl (C=O) groups is 2. The van der Waals surface area contributed by atoms with Gasteiger partial charge in [-0.25, -0.2) is 0 Å². The molecule has 0 bridgehead atoms. The zero-order chi connectivity index (χ0) is 20.6. The molecule has 0 unspecified atom stereocenters. The molecule has 2 aliphatic rings. The average molecular weight is 396 g/mol. The first kappa shape index (κ1) is 18.6. The first-order valence-electron chi connectivity index (χ1n) is 10.5. The normalized spacial score (nSPS) is 23.3. The van der Waals surface area contributed by atoms with E-state index in [4.69, 9.17) is 0 Å². The highest BCUT2D eigenvalue weighted by Gasteiger charge is 2.60. The average Bonchev–Trinajstić information content (AvgIpc) is 3.73. The van der Waals surface area contributed by atoms with Crippen LogP contribution in [0.25, 0.3) is 0 Å². The van der Waals surface area contributed by atoms with Crippen LogP contribution in [-0.2, 0) is 15.0 Å². The van der Waals surface area contributed by atoms with Crippen LogP contribution in [0.15, 0.2) is 91.0 Å². The van der Waals surface area contributed by atoms with Crippen molar-refractivity contribution in [2.75, 3.05) is 0 Å². The molecular weight excluding hydrogens is 372 g/mol. The minimum absolute atomic E-state index is 0.0695. The summed E-state index contributed by atoms with van der Waals surface area (Å²) in [7, 11) is 0. The van der Waals surface area contributed by atoms with Crippen LogP contribution in [0.5, 0.6) is 0 Å². The highest BCUT2D eigenvalue weighted by molar-refractivity contribution is 5.89. The topological polar surface area (TPSA) is 58.2 Å². The van der Waals surface area contributed by atoms with Gasteiger partial charge in [0.15, 0.2) is 0 Å². The number of hydrogen-bond donors (Lipinski definition) is 2. The Balaban J connectivity index is 1.25. The number of nitrogens with one attached hydrogen (secondary N) is 2. The van der Waals surface area contributed by atoms with E-state index in [1.807, 2.05) is 54.6 Å². The molecule has 2 amide bonds. The molecule has 4 nitrogen and oxygen atoms in total. The number of amides is 2. The predicted molar refractivity (Wildman–Crippen MR) is 115 cm³/mol. The molecule has 0 aromatic heterocycles. The van der Waals surface area contributed by atoms with Gasteiger partial charge in [0.2, 0.25) is 11.8 Å². The summed E-state index contributed by atoms with van der Waals surface area (Å²) in [6.07, 6.45) is 1.56. The molecule has 0 aliphatic heterocycles. The maximum Gasteiger partial charge on any atom is 0.242 e. The Morgan fingerprint density at radius 1 is 0.700 bits per heavy atom. The third kappa shape index (κ3) is 3.28. The quantitative estimate of drug-likeness (QED) is 0.642. The van der Waals surface area contributed by atoms with E-state index in [2.05, 4.69) is 47.2 Å². The van der Waals surface area contributed by atoms with Gasteiger partial charge in [-0.05, 0) is 35.4 Å². The summed E-state index contributed by atoms with van der Waals surface area (Å²) in [5.74, 6) is -0.265. The number of hydrazine groups is 1. The Kier molecular flexibility index (Phi) is 4.62. The molecule has 2 saturated carbocycles. The number of hydrogen-bond acceptors (Lipinski definition) is 2. The van der Waals surface area contributed by atoms with E-state index in [1.165, 1.54) is 5.56 Å². The monoisotopic (exact) mass is 396 g/mol. The SMILES string of the molecule is O=C(NNC(=O)[C@@H]1CC1(c1ccccc1)c1ccccc1)[C@@H]1C[C@@H]1c1ccccc1. The molecular formula is C26H24N2O2. The number of carbonyl (C=O) groups excluding carboxylic acids is 2. The number of benzene rings is 3. The summed E-state index contributed by atoms with van der Waals surface area (Å²) in [6.45, 7) is 0. The van der Waals surface area contributed by atoms with Gasteiger partial charge < -0.3 is 0 Å². The first-order chi connectivity index (χ1) is 14.7. The van der Waals surface area contributed by atoms with Gasteiger partial charge >= 0.3 is 0 Å². The summed E-state index contributed by atoms with van der Waals surface area (Å²) < 4.78 is 0. The fraction of sp³-hybridized carbons (Fsp3) is 0.231. The van der Waals surface area contributed by atoms with Crippen molar-refractivity contribution in [3.63, 3.8) is 0 Å². The molecule has 0 radical (unpaired) electrons. The molecule has 3 aromatic rings. The van der Waals surface area contributed by atoms with Crippen molar-refractivity contribution < 1.29 is 9.59 Å². The predicted octanol–water partition coefficient (Wildman–Crippen LogP) is 3.94. The van der Waals surface area contributed by atoms with Gasteiger partial charge in [0.1, 0.15) is 0 Å². The van der Waals surface area contributed by atoms with Gasteiger partial charge in [-0.15, -0.1) is 0 Å². The van der Waals surface area contributed by atoms with Gasteiger partial charge in [-0.2, -0.15) is 0 Å². The highest BCUT2D eigenvalue weighted by Crippen LogP contribution is 2.58. The molecule has 5 rings (SSSR count). The van der Waals surface area contributed by atoms with E-state index >= 15 is 0 Å². The fourth-order valence-corrected chi connectivity index (χ4v) is 4.71. The molecule has 2 fully saturated rings. The second-order valence-electron chi connectivity index (χ2n) is 8.30. The number of rotatable bonds is 5. The van der Waals surface area contributed by atoms with Crippen molar-refractivity contribution in [3.05, 3.63) is 108 Å². The van der Waals surface area contributed by atoms with Crippen LogP contribution in [0.2, 0.25) is 0 Å². The molecule has 3 atom stereocenters. The molecule has 2 aliphatic carbocycles. The minimum Gasteiger partial charge on any atom is -0.273 e. The lowest BCUT2D eigenvalue weighted by molar-refractivity contribution is -0.130. The Hall–Kier alpha value is -3.40. The summed E-state index contributed by atoms with van der Waals surface area (Å²) >= 11 is 0. The highest BCUT2D eigenvalue weighted by atomic mass is 16.2. The summed E-state index contributed by atoms with van der Waals surface area (Å²) in [5.41, 5.74) is 8.48. The van der Waals surface area contributed by atoms with E-state index in [1.54, 1.807) is 0 Å². The van der Waals surface area contributed by atoms with Gasteiger partial charge in [-0.3, -0.25) is 20.4 Å². The molecule has 2 N–H and O–H groups in total. The maximum absolute atomic E-state index is 12.9. The zero-order valence-electron chi connectivity index (χ0n) is 16.6. The molecule has 0 spiro atoms. The van der Waals surface area contributed by atoms with Gasteiger partial charge in [-0.1, -0.05) is 91.0 Å². The summed E-state index contributed by atoms with van der Waals surface area (Å²) in [5, 5.41) is 0. The van der Waals surface area contributed by atoms with Crippen molar-refractivity contribution in [2.24, 2.45) is 11.8 Å². The van der Waals surface area contributed by atoms with Crippen LogP contribution in [-0.4, -0.2) is 11.8 Å². The molecule has 3 aromatic carbocycles. The molecule has 0 saturated heterocycles. The van der Waals surface area contributed by atoms with Crippen LogP contribution in [0.1, 0.15) is 35.4 Å². The first-order valence-corrected chi connectivity index (χ1v) is 10.5. The zero-order valence-corrected chi connectivity index (χ0v) is 16.6. The Labute approximate surface area is 176 Å². The maximum atomic E-state index is 12.9. The van der Waals surface area contributed by atoms with Crippen molar-refractivity contribution in [3.8, 4) is 0 Å². The van der Waals surface area contributed by atoms with E-state index in [-0.39, 0.29) is 35.0 Å². The lowest BCUT2D eigenvalue weighted by atomic mass is 9.85. The van der Waals surface area contributed by atoms with Crippen molar-refractivity contribution >= 4 is 11.8 Å². The van der Waals surface area contributed by atoms with E-state index in [0.717, 1.165) is 24.0 Å². The lowest BCUT2D eigenvalue weighted by Gasteiger charge is -2.19. The van der Waals surface area contributed by atoms with Crippen LogP contribution in [0.4, 0.5) is 0 Å². The Morgan fingerprint density at radius 2 is 1.20 bits per heavy atom. The second-order valence-corrected chi connectivity index (χ2v) is 8.30. The minimum atomic E-state index is -0.330. The Morgan fingerprint density at radius 3 is 1.77 bits per heavy atom. The third-order valence-electron chi connectivity index (χ3n) is 6.52. The van der Waals surface area contributed by atoms with Crippen LogP contribution in [0, 0.1) is 11.8 Å². The van der Waals surface area contributed by atoms with E-state index < -0.39 is 0 Å². The van der Waals surface area contributed by atoms with Gasteiger partial charge in [0, 0.05) is 11.3 Å². The molecule has 4 heteroatoms. The molecule has 30 heavy (non-hydrogen) atoms. The van der Waals surface area contributed by atoms with E-state index in [9.17, 15) is 9.59 Å². The largest absolute Gasteiger partial charge is 0.273 e. The summed E-state index contributed by atoms with van der Waals surface area (Å²) in [6, 6.07) is 30.4. The van der Waals surface area contributed by atoms with Crippen molar-refractivity contribution in [2.45, 2.75) is 24.2 Å². The lowest BCUT2D eigenvalue weighted by Crippen LogP contribution is -2.44. The van der Waals surface area contributed by atoms with Gasteiger partial charge in [0.05, 0.1) is 5.92 Å². The summed E-state index contributed by atoms with van der Waals surface area (Å²) in [4.78, 5) is 25.5. The standard InChI is InChI=1S/C26H24N2O2/c29-24(22-16-21(22)18-10-4-1-5-11-18)27-28-25(30)23-17-26(23,19-12-6-2-7-13-19)20-14-8-3-9-15-20/h1-15,21-23H,16-17H2,(H,27,29)(H,28,30)/t21-,22-,23+/m1/s1. The second kappa shape index (κ2) is 7.45. The fourth-order valence-electron chi connectivity index (χ4n) is 4.71. The van der Waals surface area contributed by atoms with Crippen molar-refractivity contribution in [1.82, 2.24) is 10.9 Å². The smallest absolute Gasteiger partial charge is 0.242 e. The van der Waals surface area contributed by atoms with Crippen LogP contribution in [0.3, 0.4) is 0 Å². The third-order valence-corrected chi connectivity index (χ3v) is 6.52. The molecule has 0 heterocycles. The van der Waals surface area contributed by atoms with Crippen LogP contribution >= 0.6 is 0 Å². The Bertz CT molecular complexity index is 1010. The van der Waals surface area contributed by atoms with Crippen LogP contribution < -0.4 is 10.9 Å². The van der Waals surface area contributed by atoms with Gasteiger partial charge in [0.25, 0.3) is 0 Å².